The molecule has 2 heteroatoms. The van der Waals surface area contributed by atoms with Crippen LogP contribution < -0.4 is 0 Å². The fraction of sp³-hybridized carbons (Fsp3) is 0.182. The summed E-state index contributed by atoms with van der Waals surface area (Å²) >= 11 is 0. The molecule has 0 saturated heterocycles. The molecule has 0 spiro atoms. The Balaban J connectivity index is 0.00000169. The molecule has 0 amide bonds. The molecule has 1 aliphatic rings. The molecule has 1 aromatic heterocycles. The zero-order valence-corrected chi connectivity index (χ0v) is 16.8. The molecule has 118 valence electrons. The van der Waals surface area contributed by atoms with E-state index in [1.54, 1.807) is 0 Å². The summed E-state index contributed by atoms with van der Waals surface area (Å²) in [5.74, 6) is 1.96. The summed E-state index contributed by atoms with van der Waals surface area (Å²) in [6.07, 6.45) is 3.26. The largest absolute Gasteiger partial charge is 0.462 e. The summed E-state index contributed by atoms with van der Waals surface area (Å²) in [5.41, 5.74) is 9.39. The molecule has 0 atom stereocenters. The molecule has 0 N–H and O–H groups in total. The minimum absolute atomic E-state index is 0. The van der Waals surface area contributed by atoms with Crippen molar-refractivity contribution in [2.75, 3.05) is 0 Å². The molecule has 24 heavy (non-hydrogen) atoms. The summed E-state index contributed by atoms with van der Waals surface area (Å²) in [6, 6.07) is 17.1. The molecule has 4 rings (SSSR count). The zero-order chi connectivity index (χ0) is 16.0. The van der Waals surface area contributed by atoms with Gasteiger partial charge in [-0.3, -0.25) is 0 Å². The van der Waals surface area contributed by atoms with Crippen LogP contribution in [0.2, 0.25) is 0 Å². The molecule has 2 aromatic carbocycles. The second-order valence-corrected chi connectivity index (χ2v) is 6.39. The molecular formula is C22H20OZr. The molecule has 0 aliphatic heterocycles. The maximum Gasteiger partial charge on any atom is 0.130 e. The van der Waals surface area contributed by atoms with Crippen molar-refractivity contribution in [3.63, 3.8) is 0 Å². The Bertz CT molecular complexity index is 917. The summed E-state index contributed by atoms with van der Waals surface area (Å²) in [6.45, 7) is 6.42. The Hall–Kier alpha value is -1.66. The molecule has 1 nitrogen and oxygen atoms in total. The van der Waals surface area contributed by atoms with Crippen molar-refractivity contribution in [3.05, 3.63) is 82.3 Å². The monoisotopic (exact) mass is 390 g/mol. The molecule has 0 unspecified atom stereocenters. The molecular weight excluding hydrogens is 371 g/mol. The molecule has 0 saturated carbocycles. The van der Waals surface area contributed by atoms with E-state index in [0.717, 1.165) is 17.9 Å². The number of aryl methyl sites for hydroxylation is 2. The van der Waals surface area contributed by atoms with Crippen molar-refractivity contribution in [3.8, 4) is 11.1 Å². The van der Waals surface area contributed by atoms with E-state index >= 15 is 0 Å². The number of allylic oxidation sites excluding steroid dienone is 1. The van der Waals surface area contributed by atoms with Gasteiger partial charge in [0.15, 0.2) is 0 Å². The van der Waals surface area contributed by atoms with Gasteiger partial charge >= 0.3 is 0 Å². The molecule has 0 fully saturated rings. The fourth-order valence-electron chi connectivity index (χ4n) is 3.49. The van der Waals surface area contributed by atoms with Gasteiger partial charge in [0.05, 0.1) is 0 Å². The van der Waals surface area contributed by atoms with Crippen molar-refractivity contribution < 1.29 is 30.6 Å². The first-order chi connectivity index (χ1) is 11.1. The third-order valence-corrected chi connectivity index (χ3v) is 4.79. The second-order valence-electron chi connectivity index (χ2n) is 6.39. The second kappa shape index (κ2) is 6.69. The number of furan rings is 1. The van der Waals surface area contributed by atoms with Crippen LogP contribution in [0.25, 0.3) is 22.8 Å². The van der Waals surface area contributed by atoms with E-state index in [1.807, 2.05) is 13.0 Å². The van der Waals surface area contributed by atoms with Crippen molar-refractivity contribution in [2.45, 2.75) is 27.2 Å². The SMILES string of the molecule is Cc1ccc(C2=Cc3c(cc(C)c(C)c3-c3ccccc3)C2)o1.[Zr]. The fourth-order valence-corrected chi connectivity index (χ4v) is 3.49. The van der Waals surface area contributed by atoms with Crippen LogP contribution in [0.1, 0.15) is 33.8 Å². The van der Waals surface area contributed by atoms with Gasteiger partial charge in [0.1, 0.15) is 11.5 Å². The van der Waals surface area contributed by atoms with E-state index in [0.29, 0.717) is 0 Å². The van der Waals surface area contributed by atoms with Gasteiger partial charge in [0.25, 0.3) is 0 Å². The van der Waals surface area contributed by atoms with E-state index < -0.39 is 0 Å². The van der Waals surface area contributed by atoms with Crippen LogP contribution in [0.3, 0.4) is 0 Å². The van der Waals surface area contributed by atoms with Crippen molar-refractivity contribution >= 4 is 11.6 Å². The summed E-state index contributed by atoms with van der Waals surface area (Å²) in [5, 5.41) is 0. The van der Waals surface area contributed by atoms with E-state index in [1.165, 1.54) is 39.0 Å². The summed E-state index contributed by atoms with van der Waals surface area (Å²) < 4.78 is 5.84. The van der Waals surface area contributed by atoms with Crippen LogP contribution in [0, 0.1) is 20.8 Å². The van der Waals surface area contributed by atoms with Crippen molar-refractivity contribution in [1.29, 1.82) is 0 Å². The van der Waals surface area contributed by atoms with Gasteiger partial charge in [-0.15, -0.1) is 0 Å². The van der Waals surface area contributed by atoms with E-state index in [-0.39, 0.29) is 26.2 Å². The van der Waals surface area contributed by atoms with E-state index in [2.05, 4.69) is 62.4 Å². The van der Waals surface area contributed by atoms with Crippen molar-refractivity contribution in [2.24, 2.45) is 0 Å². The van der Waals surface area contributed by atoms with Crippen LogP contribution in [0.5, 0.6) is 0 Å². The first-order valence-electron chi connectivity index (χ1n) is 8.09. The normalized spacial score (nSPS) is 12.5. The summed E-state index contributed by atoms with van der Waals surface area (Å²) in [7, 11) is 0. The maximum absolute atomic E-state index is 5.84. The Morgan fingerprint density at radius 2 is 1.67 bits per heavy atom. The molecule has 0 radical (unpaired) electrons. The minimum atomic E-state index is 0. The Morgan fingerprint density at radius 1 is 0.917 bits per heavy atom. The first-order valence-corrected chi connectivity index (χ1v) is 8.09. The van der Waals surface area contributed by atoms with Crippen LogP contribution in [0.4, 0.5) is 0 Å². The smallest absolute Gasteiger partial charge is 0.130 e. The number of benzene rings is 2. The topological polar surface area (TPSA) is 13.1 Å². The third-order valence-electron chi connectivity index (χ3n) is 4.79. The Morgan fingerprint density at radius 3 is 2.33 bits per heavy atom. The zero-order valence-electron chi connectivity index (χ0n) is 14.3. The van der Waals surface area contributed by atoms with Crippen LogP contribution >= 0.6 is 0 Å². The predicted octanol–water partition coefficient (Wildman–Crippen LogP) is 5.97. The van der Waals surface area contributed by atoms with Crippen LogP contribution in [-0.2, 0) is 32.6 Å². The molecule has 1 heterocycles. The minimum Gasteiger partial charge on any atom is -0.462 e. The van der Waals surface area contributed by atoms with Crippen molar-refractivity contribution in [1.82, 2.24) is 0 Å². The molecule has 1 aliphatic carbocycles. The number of hydrogen-bond donors (Lipinski definition) is 0. The third kappa shape index (κ3) is 2.89. The number of rotatable bonds is 2. The van der Waals surface area contributed by atoms with Gasteiger partial charge in [-0.2, -0.15) is 0 Å². The number of fused-ring (bicyclic) bond motifs is 1. The molecule has 3 aromatic rings. The van der Waals surface area contributed by atoms with Gasteiger partial charge in [-0.1, -0.05) is 36.4 Å². The van der Waals surface area contributed by atoms with Gasteiger partial charge in [0, 0.05) is 32.6 Å². The standard InChI is InChI=1S/C22H20O.Zr/c1-14-11-18-12-19(21-10-9-15(2)23-21)13-20(18)22(16(14)3)17-7-5-4-6-8-17;/h4-11,13H,12H2,1-3H3;. The van der Waals surface area contributed by atoms with Gasteiger partial charge in [0.2, 0.25) is 0 Å². The van der Waals surface area contributed by atoms with E-state index in [4.69, 9.17) is 4.42 Å². The van der Waals surface area contributed by atoms with E-state index in [9.17, 15) is 0 Å². The quantitative estimate of drug-likeness (QED) is 0.525. The average molecular weight is 392 g/mol. The molecule has 0 bridgehead atoms. The van der Waals surface area contributed by atoms with Gasteiger partial charge < -0.3 is 4.42 Å². The first kappa shape index (κ1) is 17.2. The summed E-state index contributed by atoms with van der Waals surface area (Å²) in [4.78, 5) is 0. The Kier molecular flexibility index (Phi) is 4.79. The average Bonchev–Trinajstić information content (AvgIpc) is 3.15. The number of hydrogen-bond acceptors (Lipinski definition) is 1. The van der Waals surface area contributed by atoms with Gasteiger partial charge in [-0.05, 0) is 77.9 Å². The maximum atomic E-state index is 5.84. The predicted molar refractivity (Wildman–Crippen MR) is 96.4 cm³/mol. The Labute approximate surface area is 162 Å². The van der Waals surface area contributed by atoms with Gasteiger partial charge in [-0.25, -0.2) is 0 Å². The van der Waals surface area contributed by atoms with Crippen LogP contribution in [-0.4, -0.2) is 0 Å². The van der Waals surface area contributed by atoms with Crippen LogP contribution in [0.15, 0.2) is 52.9 Å².